The second-order valence-corrected chi connectivity index (χ2v) is 9.57. The van der Waals surface area contributed by atoms with Gasteiger partial charge in [-0.15, -0.1) is 0 Å². The van der Waals surface area contributed by atoms with Crippen LogP contribution in [-0.4, -0.2) is 25.1 Å². The Morgan fingerprint density at radius 2 is 1.85 bits per heavy atom. The standard InChI is InChI=1S/C29H37N3O/c1-19(2)28(25-12-13-26(31-5)29(30)21(25)4)22-11-10-20(3)24(16-22)18-32-14-15-33-27-9-7-6-8-23(27)17-32/h6-13,16,19,28,31H,14-15,17-18,30H2,1-5H3. The molecule has 0 fully saturated rings. The molecule has 4 rings (SSSR count). The van der Waals surface area contributed by atoms with E-state index < -0.39 is 0 Å². The molecule has 1 aliphatic rings. The fraction of sp³-hybridized carbons (Fsp3) is 0.379. The minimum absolute atomic E-state index is 0.297. The van der Waals surface area contributed by atoms with Crippen LogP contribution in [0.4, 0.5) is 11.4 Å². The van der Waals surface area contributed by atoms with Gasteiger partial charge in [-0.2, -0.15) is 0 Å². The summed E-state index contributed by atoms with van der Waals surface area (Å²) >= 11 is 0. The summed E-state index contributed by atoms with van der Waals surface area (Å²) in [5.41, 5.74) is 16.1. The maximum Gasteiger partial charge on any atom is 0.123 e. The molecule has 0 aromatic heterocycles. The molecule has 0 amide bonds. The third-order valence-corrected chi connectivity index (χ3v) is 6.99. The third-order valence-electron chi connectivity index (χ3n) is 6.99. The molecule has 0 bridgehead atoms. The number of nitrogens with two attached hydrogens (primary N) is 1. The van der Waals surface area contributed by atoms with Crippen LogP contribution in [-0.2, 0) is 13.1 Å². The van der Waals surface area contributed by atoms with Crippen LogP contribution < -0.4 is 15.8 Å². The maximum atomic E-state index is 6.46. The van der Waals surface area contributed by atoms with E-state index in [-0.39, 0.29) is 0 Å². The van der Waals surface area contributed by atoms with E-state index in [1.54, 1.807) is 0 Å². The first-order valence-electron chi connectivity index (χ1n) is 12.0. The van der Waals surface area contributed by atoms with Crippen LogP contribution in [0.15, 0.2) is 54.6 Å². The lowest BCUT2D eigenvalue weighted by atomic mass is 9.79. The van der Waals surface area contributed by atoms with Gasteiger partial charge in [-0.3, -0.25) is 4.90 Å². The van der Waals surface area contributed by atoms with Crippen LogP contribution >= 0.6 is 0 Å². The molecular weight excluding hydrogens is 406 g/mol. The molecule has 4 nitrogen and oxygen atoms in total. The summed E-state index contributed by atoms with van der Waals surface area (Å²) in [6.45, 7) is 12.4. The molecule has 0 radical (unpaired) electrons. The van der Waals surface area contributed by atoms with E-state index in [0.717, 1.165) is 43.4 Å². The number of benzene rings is 3. The van der Waals surface area contributed by atoms with Gasteiger partial charge in [-0.25, -0.2) is 0 Å². The molecule has 1 aliphatic heterocycles. The molecule has 0 spiro atoms. The first-order chi connectivity index (χ1) is 15.9. The molecule has 4 heteroatoms. The predicted molar refractivity (Wildman–Crippen MR) is 139 cm³/mol. The Labute approximate surface area is 198 Å². The zero-order chi connectivity index (χ0) is 23.5. The number of fused-ring (bicyclic) bond motifs is 1. The van der Waals surface area contributed by atoms with Crippen molar-refractivity contribution in [1.82, 2.24) is 4.90 Å². The third kappa shape index (κ3) is 4.86. The van der Waals surface area contributed by atoms with Gasteiger partial charge in [0.15, 0.2) is 0 Å². The molecule has 0 saturated carbocycles. The van der Waals surface area contributed by atoms with Crippen molar-refractivity contribution in [3.63, 3.8) is 0 Å². The van der Waals surface area contributed by atoms with Crippen molar-refractivity contribution in [2.75, 3.05) is 31.2 Å². The lowest BCUT2D eigenvalue weighted by molar-refractivity contribution is 0.219. The number of ether oxygens (including phenoxy) is 1. The van der Waals surface area contributed by atoms with Gasteiger partial charge in [0.1, 0.15) is 12.4 Å². The highest BCUT2D eigenvalue weighted by molar-refractivity contribution is 5.72. The Morgan fingerprint density at radius 3 is 2.61 bits per heavy atom. The van der Waals surface area contributed by atoms with E-state index in [1.165, 1.54) is 33.4 Å². The SMILES string of the molecule is CNc1ccc(C(c2ccc(C)c(CN3CCOc4ccccc4C3)c2)C(C)C)c(C)c1N. The van der Waals surface area contributed by atoms with Crippen LogP contribution in [0, 0.1) is 19.8 Å². The van der Waals surface area contributed by atoms with Crippen LogP contribution in [0.3, 0.4) is 0 Å². The van der Waals surface area contributed by atoms with Crippen molar-refractivity contribution in [1.29, 1.82) is 0 Å². The molecule has 1 atom stereocenters. The maximum absolute atomic E-state index is 6.46. The minimum atomic E-state index is 0.297. The molecule has 174 valence electrons. The zero-order valence-electron chi connectivity index (χ0n) is 20.6. The molecule has 3 aromatic rings. The van der Waals surface area contributed by atoms with Gasteiger partial charge < -0.3 is 15.8 Å². The average Bonchev–Trinajstić information content (AvgIpc) is 3.00. The number of nitrogens with one attached hydrogen (secondary N) is 1. The van der Waals surface area contributed by atoms with Gasteiger partial charge in [0, 0.05) is 38.2 Å². The van der Waals surface area contributed by atoms with Crippen molar-refractivity contribution in [3.05, 3.63) is 88.0 Å². The van der Waals surface area contributed by atoms with Crippen LogP contribution in [0.5, 0.6) is 5.75 Å². The number of nitrogens with zero attached hydrogens (tertiary/aromatic N) is 1. The summed E-state index contributed by atoms with van der Waals surface area (Å²) in [5.74, 6) is 1.77. The molecule has 3 aromatic carbocycles. The number of anilines is 2. The van der Waals surface area contributed by atoms with E-state index in [1.807, 2.05) is 13.1 Å². The Bertz CT molecular complexity index is 1120. The van der Waals surface area contributed by atoms with E-state index >= 15 is 0 Å². The lowest BCUT2D eigenvalue weighted by Gasteiger charge is -2.27. The molecule has 0 aliphatic carbocycles. The summed E-state index contributed by atoms with van der Waals surface area (Å²) in [7, 11) is 1.92. The summed E-state index contributed by atoms with van der Waals surface area (Å²) in [5, 5.41) is 3.20. The molecular formula is C29H37N3O. The quantitative estimate of drug-likeness (QED) is 0.451. The normalized spacial score (nSPS) is 15.0. The van der Waals surface area contributed by atoms with E-state index in [2.05, 4.69) is 86.4 Å². The second-order valence-electron chi connectivity index (χ2n) is 9.57. The molecule has 1 heterocycles. The Morgan fingerprint density at radius 1 is 1.06 bits per heavy atom. The molecule has 33 heavy (non-hydrogen) atoms. The number of hydrogen-bond donors (Lipinski definition) is 2. The van der Waals surface area contributed by atoms with Gasteiger partial charge >= 0.3 is 0 Å². The summed E-state index contributed by atoms with van der Waals surface area (Å²) in [6.07, 6.45) is 0. The number of aryl methyl sites for hydroxylation is 1. The van der Waals surface area contributed by atoms with Crippen molar-refractivity contribution in [2.45, 2.75) is 46.7 Å². The van der Waals surface area contributed by atoms with E-state index in [0.29, 0.717) is 11.8 Å². The van der Waals surface area contributed by atoms with Gasteiger partial charge in [0.05, 0.1) is 11.4 Å². The summed E-state index contributed by atoms with van der Waals surface area (Å²) < 4.78 is 5.98. The summed E-state index contributed by atoms with van der Waals surface area (Å²) in [4.78, 5) is 2.49. The minimum Gasteiger partial charge on any atom is -0.492 e. The highest BCUT2D eigenvalue weighted by Crippen LogP contribution is 2.38. The highest BCUT2D eigenvalue weighted by Gasteiger charge is 2.23. The van der Waals surface area contributed by atoms with Crippen molar-refractivity contribution >= 4 is 11.4 Å². The predicted octanol–water partition coefficient (Wildman–Crippen LogP) is 6.11. The molecule has 1 unspecified atom stereocenters. The highest BCUT2D eigenvalue weighted by atomic mass is 16.5. The van der Waals surface area contributed by atoms with Crippen LogP contribution in [0.25, 0.3) is 0 Å². The zero-order valence-corrected chi connectivity index (χ0v) is 20.6. The van der Waals surface area contributed by atoms with Gasteiger partial charge in [0.2, 0.25) is 0 Å². The average molecular weight is 444 g/mol. The first kappa shape index (κ1) is 23.2. The monoisotopic (exact) mass is 443 g/mol. The topological polar surface area (TPSA) is 50.5 Å². The van der Waals surface area contributed by atoms with Crippen molar-refractivity contribution in [2.24, 2.45) is 5.92 Å². The Kier molecular flexibility index (Phi) is 6.94. The van der Waals surface area contributed by atoms with Crippen molar-refractivity contribution < 1.29 is 4.74 Å². The summed E-state index contributed by atoms with van der Waals surface area (Å²) in [6, 6.07) is 19.7. The first-order valence-corrected chi connectivity index (χ1v) is 12.0. The number of hydrogen-bond acceptors (Lipinski definition) is 4. The molecule has 3 N–H and O–H groups in total. The van der Waals surface area contributed by atoms with E-state index in [9.17, 15) is 0 Å². The largest absolute Gasteiger partial charge is 0.492 e. The van der Waals surface area contributed by atoms with Crippen molar-refractivity contribution in [3.8, 4) is 5.75 Å². The second kappa shape index (κ2) is 9.88. The molecule has 0 saturated heterocycles. The Hall–Kier alpha value is -2.98. The fourth-order valence-corrected chi connectivity index (χ4v) is 5.03. The number of para-hydroxylation sites is 1. The lowest BCUT2D eigenvalue weighted by Crippen LogP contribution is -2.25. The van der Waals surface area contributed by atoms with Gasteiger partial charge in [0.25, 0.3) is 0 Å². The van der Waals surface area contributed by atoms with Crippen LogP contribution in [0.1, 0.15) is 53.1 Å². The smallest absolute Gasteiger partial charge is 0.123 e. The van der Waals surface area contributed by atoms with E-state index in [4.69, 9.17) is 10.5 Å². The fourth-order valence-electron chi connectivity index (χ4n) is 5.03. The number of rotatable bonds is 6. The number of nitrogen functional groups attached to an aromatic ring is 1. The Balaban J connectivity index is 1.65. The van der Waals surface area contributed by atoms with Gasteiger partial charge in [-0.05, 0) is 59.7 Å². The van der Waals surface area contributed by atoms with Gasteiger partial charge in [-0.1, -0.05) is 56.3 Å². The van der Waals surface area contributed by atoms with Crippen LogP contribution in [0.2, 0.25) is 0 Å².